The lowest BCUT2D eigenvalue weighted by molar-refractivity contribution is -0.126. The fourth-order valence-electron chi connectivity index (χ4n) is 7.56. The van der Waals surface area contributed by atoms with E-state index in [1.54, 1.807) is 54.6 Å². The number of amides is 4. The van der Waals surface area contributed by atoms with Gasteiger partial charge in [-0.25, -0.2) is 0 Å². The molecule has 7 rings (SSSR count). The van der Waals surface area contributed by atoms with Crippen LogP contribution in [-0.2, 0) is 19.2 Å². The summed E-state index contributed by atoms with van der Waals surface area (Å²) in [6.45, 7) is 0. The zero-order valence-electron chi connectivity index (χ0n) is 22.6. The minimum Gasteiger partial charge on any atom is -0.504 e. The second-order valence-corrected chi connectivity index (χ2v) is 12.4. The van der Waals surface area contributed by atoms with Gasteiger partial charge in [0, 0.05) is 5.92 Å². The molecule has 6 unspecified atom stereocenters. The number of benzene rings is 3. The lowest BCUT2D eigenvalue weighted by atomic mass is 9.57. The minimum atomic E-state index is -0.695. The van der Waals surface area contributed by atoms with Crippen molar-refractivity contribution in [2.24, 2.45) is 29.6 Å². The summed E-state index contributed by atoms with van der Waals surface area (Å²) in [5, 5.41) is 10.6. The van der Waals surface area contributed by atoms with Crippen molar-refractivity contribution in [3.05, 3.63) is 93.6 Å². The molecule has 4 aliphatic rings. The fourth-order valence-corrected chi connectivity index (χ4v) is 8.18. The first-order valence-corrected chi connectivity index (χ1v) is 15.0. The Morgan fingerprint density at radius 2 is 1.33 bits per heavy atom. The molecule has 0 radical (unpaired) electrons. The Kier molecular flexibility index (Phi) is 6.45. The van der Waals surface area contributed by atoms with E-state index in [4.69, 9.17) is 4.74 Å². The predicted octanol–water partition coefficient (Wildman–Crippen LogP) is 5.05. The molecule has 2 saturated heterocycles. The molecule has 2 aliphatic carbocycles. The first-order valence-electron chi connectivity index (χ1n) is 13.9. The number of para-hydroxylation sites is 2. The normalized spacial score (nSPS) is 28.4. The number of nitrogens with zero attached hydrogens (tertiary/aromatic N) is 2. The molecular formula is C33H27IN2O6. The van der Waals surface area contributed by atoms with E-state index in [9.17, 15) is 24.3 Å². The van der Waals surface area contributed by atoms with Crippen molar-refractivity contribution in [1.29, 1.82) is 0 Å². The number of ether oxygens (including phenoxy) is 1. The van der Waals surface area contributed by atoms with Crippen LogP contribution in [0.1, 0.15) is 24.3 Å². The summed E-state index contributed by atoms with van der Waals surface area (Å²) in [5.41, 5.74) is 2.67. The molecule has 3 aromatic rings. The number of imide groups is 2. The van der Waals surface area contributed by atoms with E-state index in [1.165, 1.54) is 16.9 Å². The molecule has 0 aromatic heterocycles. The third kappa shape index (κ3) is 3.85. The Bertz CT molecular complexity index is 1670. The summed E-state index contributed by atoms with van der Waals surface area (Å²) in [5.74, 6) is -4.27. The number of aromatic hydroxyl groups is 1. The second-order valence-electron chi connectivity index (χ2n) is 11.3. The highest BCUT2D eigenvalue weighted by Crippen LogP contribution is 2.59. The van der Waals surface area contributed by atoms with E-state index >= 15 is 0 Å². The van der Waals surface area contributed by atoms with Crippen LogP contribution in [0.3, 0.4) is 0 Å². The standard InChI is InChI=1S/C33H27IN2O6/c1-42-25-15-17(14-24(34)29(25)37)26-20-12-13-21-27(32(40)35(30(21)38)18-8-4-2-5-9-18)22(20)16-23-28(26)33(41)36(31(23)39)19-10-6-3-7-11-19/h2-12,14-15,21-23,26-28,37H,13,16H2,1H3. The number of hydrogen-bond acceptors (Lipinski definition) is 6. The highest BCUT2D eigenvalue weighted by Gasteiger charge is 2.62. The first kappa shape index (κ1) is 26.9. The lowest BCUT2D eigenvalue weighted by Gasteiger charge is -2.44. The summed E-state index contributed by atoms with van der Waals surface area (Å²) in [4.78, 5) is 58.4. The Morgan fingerprint density at radius 1 is 0.762 bits per heavy atom. The van der Waals surface area contributed by atoms with Gasteiger partial charge in [-0.3, -0.25) is 29.0 Å². The Labute approximate surface area is 256 Å². The number of carbonyl (C=O) groups excluding carboxylic acids is 4. The number of hydrogen-bond donors (Lipinski definition) is 1. The van der Waals surface area contributed by atoms with Crippen molar-refractivity contribution >= 4 is 57.6 Å². The van der Waals surface area contributed by atoms with Crippen LogP contribution in [0.25, 0.3) is 0 Å². The number of methoxy groups -OCH3 is 1. The molecule has 42 heavy (non-hydrogen) atoms. The molecule has 1 saturated carbocycles. The number of fused-ring (bicyclic) bond motifs is 4. The SMILES string of the molecule is COc1cc(C2C3=CCC4C(=O)N(c5ccccc5)C(=O)C4C3CC3C(=O)N(c4ccccc4)C(=O)C32)cc(I)c1O. The van der Waals surface area contributed by atoms with Crippen LogP contribution in [0.4, 0.5) is 11.4 Å². The van der Waals surface area contributed by atoms with Gasteiger partial charge in [0.1, 0.15) is 0 Å². The summed E-state index contributed by atoms with van der Waals surface area (Å²) in [6, 6.07) is 21.4. The monoisotopic (exact) mass is 674 g/mol. The average Bonchev–Trinajstić information content (AvgIpc) is 3.41. The van der Waals surface area contributed by atoms with Crippen molar-refractivity contribution in [1.82, 2.24) is 0 Å². The maximum atomic E-state index is 14.2. The predicted molar refractivity (Wildman–Crippen MR) is 163 cm³/mol. The molecule has 3 aromatic carbocycles. The molecule has 0 bridgehead atoms. The number of anilines is 2. The van der Waals surface area contributed by atoms with Gasteiger partial charge < -0.3 is 9.84 Å². The van der Waals surface area contributed by atoms with E-state index in [0.717, 1.165) is 11.1 Å². The highest BCUT2D eigenvalue weighted by molar-refractivity contribution is 14.1. The van der Waals surface area contributed by atoms with Gasteiger partial charge in [-0.1, -0.05) is 48.0 Å². The van der Waals surface area contributed by atoms with Crippen molar-refractivity contribution in [3.63, 3.8) is 0 Å². The maximum absolute atomic E-state index is 14.2. The van der Waals surface area contributed by atoms with Crippen molar-refractivity contribution in [2.45, 2.75) is 18.8 Å². The zero-order valence-corrected chi connectivity index (χ0v) is 24.8. The van der Waals surface area contributed by atoms with Crippen LogP contribution in [-0.4, -0.2) is 35.8 Å². The maximum Gasteiger partial charge on any atom is 0.238 e. The summed E-state index contributed by atoms with van der Waals surface area (Å²) in [6.07, 6.45) is 2.69. The van der Waals surface area contributed by atoms with Gasteiger partial charge in [-0.2, -0.15) is 0 Å². The van der Waals surface area contributed by atoms with Gasteiger partial charge in [-0.05, 0) is 83.3 Å². The van der Waals surface area contributed by atoms with Gasteiger partial charge >= 0.3 is 0 Å². The number of allylic oxidation sites excluding steroid dienone is 2. The number of carbonyl (C=O) groups is 4. The summed E-state index contributed by atoms with van der Waals surface area (Å²) >= 11 is 2.03. The molecular weight excluding hydrogens is 647 g/mol. The number of rotatable bonds is 4. The minimum absolute atomic E-state index is 0.00162. The average molecular weight is 674 g/mol. The van der Waals surface area contributed by atoms with E-state index in [1.807, 2.05) is 46.9 Å². The van der Waals surface area contributed by atoms with Crippen LogP contribution in [0.5, 0.6) is 11.5 Å². The van der Waals surface area contributed by atoms with Gasteiger partial charge in [-0.15, -0.1) is 0 Å². The number of phenolic OH excluding ortho intramolecular Hbond substituents is 1. The van der Waals surface area contributed by atoms with Crippen molar-refractivity contribution in [3.8, 4) is 11.5 Å². The molecule has 9 heteroatoms. The third-order valence-electron chi connectivity index (χ3n) is 9.31. The molecule has 2 aliphatic heterocycles. The topological polar surface area (TPSA) is 104 Å². The van der Waals surface area contributed by atoms with E-state index in [0.29, 0.717) is 27.8 Å². The van der Waals surface area contributed by atoms with Gasteiger partial charge in [0.2, 0.25) is 23.6 Å². The number of halogens is 1. The Balaban J connectivity index is 1.37. The molecule has 1 N–H and O–H groups in total. The fraction of sp³-hybridized carbons (Fsp3) is 0.273. The quantitative estimate of drug-likeness (QED) is 0.236. The van der Waals surface area contributed by atoms with Crippen LogP contribution in [0.15, 0.2) is 84.4 Å². The van der Waals surface area contributed by atoms with Crippen molar-refractivity contribution < 1.29 is 29.0 Å². The molecule has 8 nitrogen and oxygen atoms in total. The van der Waals surface area contributed by atoms with Gasteiger partial charge in [0.05, 0.1) is 45.7 Å². The third-order valence-corrected chi connectivity index (χ3v) is 10.1. The lowest BCUT2D eigenvalue weighted by Crippen LogP contribution is -2.43. The molecule has 212 valence electrons. The molecule has 2 heterocycles. The summed E-state index contributed by atoms with van der Waals surface area (Å²) < 4.78 is 6.01. The van der Waals surface area contributed by atoms with Gasteiger partial charge in [0.25, 0.3) is 0 Å². The van der Waals surface area contributed by atoms with Crippen LogP contribution < -0.4 is 14.5 Å². The largest absolute Gasteiger partial charge is 0.504 e. The smallest absolute Gasteiger partial charge is 0.238 e. The molecule has 6 atom stereocenters. The molecule has 4 amide bonds. The van der Waals surface area contributed by atoms with Crippen LogP contribution in [0.2, 0.25) is 0 Å². The van der Waals surface area contributed by atoms with Gasteiger partial charge in [0.15, 0.2) is 11.5 Å². The molecule has 3 fully saturated rings. The number of phenols is 1. The van der Waals surface area contributed by atoms with Crippen LogP contribution >= 0.6 is 22.6 Å². The van der Waals surface area contributed by atoms with Crippen molar-refractivity contribution in [2.75, 3.05) is 16.9 Å². The van der Waals surface area contributed by atoms with E-state index in [-0.39, 0.29) is 35.1 Å². The molecule has 0 spiro atoms. The van der Waals surface area contributed by atoms with E-state index < -0.39 is 35.5 Å². The second kappa shape index (κ2) is 10.1. The Hall–Kier alpha value is -3.99. The van der Waals surface area contributed by atoms with E-state index in [2.05, 4.69) is 0 Å². The first-order chi connectivity index (χ1) is 20.3. The Morgan fingerprint density at radius 3 is 1.93 bits per heavy atom. The van der Waals surface area contributed by atoms with Crippen LogP contribution in [0, 0.1) is 33.2 Å². The highest BCUT2D eigenvalue weighted by atomic mass is 127. The summed E-state index contributed by atoms with van der Waals surface area (Å²) in [7, 11) is 1.47. The zero-order chi connectivity index (χ0) is 29.3.